The summed E-state index contributed by atoms with van der Waals surface area (Å²) in [5.74, 6) is 0.0852. The Morgan fingerprint density at radius 2 is 2.29 bits per heavy atom. The molecule has 2 aromatic heterocycles. The predicted molar refractivity (Wildman–Crippen MR) is 59.7 cm³/mol. The van der Waals surface area contributed by atoms with Crippen molar-refractivity contribution in [1.29, 1.82) is 0 Å². The van der Waals surface area contributed by atoms with Crippen molar-refractivity contribution in [3.05, 3.63) is 18.1 Å². The minimum absolute atomic E-state index is 0.232. The lowest BCUT2D eigenvalue weighted by Crippen LogP contribution is -2.10. The number of carboxylic acid groups (broad SMARTS) is 1. The van der Waals surface area contributed by atoms with Gasteiger partial charge in [0.25, 0.3) is 11.1 Å². The van der Waals surface area contributed by atoms with Crippen molar-refractivity contribution in [3.8, 4) is 11.5 Å². The molecule has 7 heteroatoms. The number of carbonyl (C=O) groups is 1. The van der Waals surface area contributed by atoms with E-state index in [2.05, 4.69) is 10.2 Å². The Balaban J connectivity index is 2.17. The lowest BCUT2D eigenvalue weighted by Gasteiger charge is -1.99. The number of hydrogen-bond donors (Lipinski definition) is 1. The van der Waals surface area contributed by atoms with Crippen molar-refractivity contribution in [3.63, 3.8) is 0 Å². The molecule has 0 aliphatic heterocycles. The molecule has 2 heterocycles. The zero-order chi connectivity index (χ0) is 12.4. The van der Waals surface area contributed by atoms with E-state index in [1.165, 1.54) is 6.26 Å². The lowest BCUT2D eigenvalue weighted by atomic mass is 10.3. The highest BCUT2D eigenvalue weighted by Gasteiger charge is 2.18. The van der Waals surface area contributed by atoms with Crippen LogP contribution in [0.3, 0.4) is 0 Å². The van der Waals surface area contributed by atoms with E-state index in [0.29, 0.717) is 17.2 Å². The Morgan fingerprint density at radius 3 is 2.88 bits per heavy atom. The Hall–Kier alpha value is -1.76. The molecule has 1 N–H and O–H groups in total. The molecule has 0 radical (unpaired) electrons. The van der Waals surface area contributed by atoms with E-state index in [9.17, 15) is 4.79 Å². The van der Waals surface area contributed by atoms with Gasteiger partial charge in [-0.15, -0.1) is 10.2 Å². The first-order chi connectivity index (χ1) is 8.08. The zero-order valence-corrected chi connectivity index (χ0v) is 10.0. The number of furan rings is 1. The minimum atomic E-state index is -0.922. The molecule has 6 nitrogen and oxygen atoms in total. The van der Waals surface area contributed by atoms with Gasteiger partial charge in [0, 0.05) is 0 Å². The van der Waals surface area contributed by atoms with Crippen LogP contribution in [-0.4, -0.2) is 26.5 Å². The first-order valence-corrected chi connectivity index (χ1v) is 5.73. The fourth-order valence-electron chi connectivity index (χ4n) is 1.17. The van der Waals surface area contributed by atoms with Crippen LogP contribution in [-0.2, 0) is 4.79 Å². The van der Waals surface area contributed by atoms with Crippen LogP contribution in [0.25, 0.3) is 11.5 Å². The molecule has 0 saturated carbocycles. The Kier molecular flexibility index (Phi) is 3.19. The van der Waals surface area contributed by atoms with Crippen LogP contribution < -0.4 is 0 Å². The van der Waals surface area contributed by atoms with Crippen LogP contribution in [0.1, 0.15) is 12.7 Å². The summed E-state index contributed by atoms with van der Waals surface area (Å²) < 4.78 is 10.5. The first-order valence-electron chi connectivity index (χ1n) is 4.85. The second kappa shape index (κ2) is 4.62. The van der Waals surface area contributed by atoms with Gasteiger partial charge < -0.3 is 13.9 Å². The van der Waals surface area contributed by atoms with Gasteiger partial charge in [0.15, 0.2) is 0 Å². The van der Waals surface area contributed by atoms with Gasteiger partial charge in [-0.05, 0) is 19.9 Å². The van der Waals surface area contributed by atoms with Crippen LogP contribution in [0.2, 0.25) is 0 Å². The molecular formula is C10H10N2O4S. The normalized spacial score (nSPS) is 12.6. The van der Waals surface area contributed by atoms with Crippen LogP contribution in [0, 0.1) is 6.92 Å². The van der Waals surface area contributed by atoms with Gasteiger partial charge in [-0.2, -0.15) is 0 Å². The van der Waals surface area contributed by atoms with Crippen LogP contribution in [0.5, 0.6) is 0 Å². The maximum Gasteiger partial charge on any atom is 0.316 e. The molecule has 90 valence electrons. The van der Waals surface area contributed by atoms with Gasteiger partial charge >= 0.3 is 5.97 Å². The van der Waals surface area contributed by atoms with E-state index in [-0.39, 0.29) is 5.22 Å². The predicted octanol–water partition coefficient (Wildman–Crippen LogP) is 2.20. The molecule has 2 aromatic rings. The van der Waals surface area contributed by atoms with Crippen LogP contribution in [0.15, 0.2) is 26.4 Å². The summed E-state index contributed by atoms with van der Waals surface area (Å²) in [5.41, 5.74) is 0.715. The third-order valence-corrected chi connectivity index (χ3v) is 3.04. The molecule has 0 bridgehead atoms. The van der Waals surface area contributed by atoms with E-state index in [4.69, 9.17) is 13.9 Å². The van der Waals surface area contributed by atoms with E-state index in [1.54, 1.807) is 19.9 Å². The first kappa shape index (κ1) is 11.7. The number of thioether (sulfide) groups is 1. The van der Waals surface area contributed by atoms with Crippen molar-refractivity contribution in [2.45, 2.75) is 24.3 Å². The van der Waals surface area contributed by atoms with Crippen LogP contribution >= 0.6 is 11.8 Å². The molecule has 1 atom stereocenters. The summed E-state index contributed by atoms with van der Waals surface area (Å²) >= 11 is 1.01. The topological polar surface area (TPSA) is 89.4 Å². The number of aromatic nitrogens is 2. The van der Waals surface area contributed by atoms with Gasteiger partial charge in [-0.3, -0.25) is 4.79 Å². The monoisotopic (exact) mass is 254 g/mol. The van der Waals surface area contributed by atoms with E-state index in [1.807, 2.05) is 0 Å². The summed E-state index contributed by atoms with van der Waals surface area (Å²) in [6.45, 7) is 3.34. The number of carboxylic acids is 1. The van der Waals surface area contributed by atoms with Gasteiger partial charge in [0.1, 0.15) is 11.0 Å². The van der Waals surface area contributed by atoms with E-state index < -0.39 is 11.2 Å². The second-order valence-corrected chi connectivity index (χ2v) is 4.65. The van der Waals surface area contributed by atoms with E-state index >= 15 is 0 Å². The Morgan fingerprint density at radius 1 is 1.53 bits per heavy atom. The maximum absolute atomic E-state index is 10.7. The summed E-state index contributed by atoms with van der Waals surface area (Å²) in [6.07, 6.45) is 1.53. The molecule has 0 saturated heterocycles. The summed E-state index contributed by atoms with van der Waals surface area (Å²) in [5, 5.41) is 16.0. The Bertz CT molecular complexity index is 534. The highest BCUT2D eigenvalue weighted by molar-refractivity contribution is 8.00. The van der Waals surface area contributed by atoms with Crippen molar-refractivity contribution in [2.24, 2.45) is 0 Å². The standard InChI is InChI=1S/C10H10N2O4S/c1-5-7(3-4-15-5)8-11-12-10(16-8)17-6(2)9(13)14/h3-4,6H,1-2H3,(H,13,14)/t6-/m0/s1. The zero-order valence-electron chi connectivity index (χ0n) is 9.21. The summed E-state index contributed by atoms with van der Waals surface area (Å²) in [7, 11) is 0. The third kappa shape index (κ3) is 2.50. The highest BCUT2D eigenvalue weighted by Crippen LogP contribution is 2.28. The smallest absolute Gasteiger partial charge is 0.316 e. The number of hydrogen-bond acceptors (Lipinski definition) is 6. The van der Waals surface area contributed by atoms with Gasteiger partial charge in [-0.1, -0.05) is 11.8 Å². The summed E-state index contributed by atoms with van der Waals surface area (Å²) in [6, 6.07) is 1.72. The third-order valence-electron chi connectivity index (χ3n) is 2.12. The quantitative estimate of drug-likeness (QED) is 0.836. The largest absolute Gasteiger partial charge is 0.480 e. The number of aliphatic carboxylic acids is 1. The molecule has 17 heavy (non-hydrogen) atoms. The van der Waals surface area contributed by atoms with Crippen LogP contribution in [0.4, 0.5) is 0 Å². The fraction of sp³-hybridized carbons (Fsp3) is 0.300. The molecule has 2 rings (SSSR count). The van der Waals surface area contributed by atoms with Gasteiger partial charge in [0.05, 0.1) is 11.8 Å². The molecule has 0 aliphatic rings. The van der Waals surface area contributed by atoms with Crippen molar-refractivity contribution >= 4 is 17.7 Å². The fourth-order valence-corrected chi connectivity index (χ4v) is 1.79. The molecule has 0 aromatic carbocycles. The average Bonchev–Trinajstić information content (AvgIpc) is 2.86. The maximum atomic E-state index is 10.7. The molecule has 0 amide bonds. The lowest BCUT2D eigenvalue weighted by molar-refractivity contribution is -0.136. The molecule has 0 unspecified atom stereocenters. The van der Waals surface area contributed by atoms with Gasteiger partial charge in [0.2, 0.25) is 0 Å². The van der Waals surface area contributed by atoms with E-state index in [0.717, 1.165) is 11.8 Å². The number of nitrogens with zero attached hydrogens (tertiary/aromatic N) is 2. The Labute approximate surface area is 101 Å². The molecule has 0 spiro atoms. The molecule has 0 aliphatic carbocycles. The van der Waals surface area contributed by atoms with Crippen molar-refractivity contribution in [1.82, 2.24) is 10.2 Å². The second-order valence-electron chi connectivity index (χ2n) is 3.36. The number of aryl methyl sites for hydroxylation is 1. The van der Waals surface area contributed by atoms with Crippen molar-refractivity contribution < 1.29 is 18.7 Å². The highest BCUT2D eigenvalue weighted by atomic mass is 32.2. The minimum Gasteiger partial charge on any atom is -0.480 e. The SMILES string of the molecule is Cc1occc1-c1nnc(S[C@@H](C)C(=O)O)o1. The van der Waals surface area contributed by atoms with Gasteiger partial charge in [-0.25, -0.2) is 0 Å². The molecule has 0 fully saturated rings. The molecular weight excluding hydrogens is 244 g/mol. The van der Waals surface area contributed by atoms with Crippen molar-refractivity contribution in [2.75, 3.05) is 0 Å². The average molecular weight is 254 g/mol. The summed E-state index contributed by atoms with van der Waals surface area (Å²) in [4.78, 5) is 10.7. The number of rotatable bonds is 4.